The Kier molecular flexibility index (Phi) is 2.92. The normalized spacial score (nSPS) is 27.3. The molecule has 0 radical (unpaired) electrons. The maximum atomic E-state index is 12.8. The molecule has 4 aliphatic rings. The molecule has 7 heteroatoms. The number of benzene rings is 2. The van der Waals surface area contributed by atoms with Gasteiger partial charge < -0.3 is 14.2 Å². The number of hydrogen-bond acceptors (Lipinski definition) is 7. The second-order valence-electron chi connectivity index (χ2n) is 7.43. The lowest BCUT2D eigenvalue weighted by Crippen LogP contribution is -2.57. The Labute approximate surface area is 164 Å². The maximum absolute atomic E-state index is 12.8. The minimum Gasteiger partial charge on any atom is -0.457 e. The molecule has 0 fully saturated rings. The van der Waals surface area contributed by atoms with Crippen LogP contribution in [0.25, 0.3) is 0 Å². The van der Waals surface area contributed by atoms with Gasteiger partial charge in [-0.05, 0) is 30.4 Å². The topological polar surface area (TPSA) is 88.1 Å². The van der Waals surface area contributed by atoms with Crippen molar-refractivity contribution in [3.05, 3.63) is 64.7 Å². The molecule has 2 aliphatic heterocycles. The largest absolute Gasteiger partial charge is 0.457 e. The molecular formula is C22H14O7. The number of Topliss-reactive ketones (excluding diaryl/α,β-unsaturated/α-hetero) is 1. The highest BCUT2D eigenvalue weighted by Crippen LogP contribution is 2.60. The van der Waals surface area contributed by atoms with Gasteiger partial charge in [0.2, 0.25) is 5.79 Å². The molecule has 0 amide bonds. The number of hydrogen-bond donors (Lipinski definition) is 0. The van der Waals surface area contributed by atoms with Gasteiger partial charge in [-0.3, -0.25) is 19.1 Å². The van der Waals surface area contributed by atoms with E-state index in [9.17, 15) is 14.4 Å². The van der Waals surface area contributed by atoms with Gasteiger partial charge in [0.05, 0.1) is 16.7 Å². The third kappa shape index (κ3) is 1.97. The SMILES string of the molecule is CC(=O)Oc1ccc2c3c1C(=O)CC[C@]31Oc3cccc4c3[C@](C=CC4=O)(O2)O1. The zero-order valence-electron chi connectivity index (χ0n) is 15.3. The summed E-state index contributed by atoms with van der Waals surface area (Å²) in [5.74, 6) is -2.46. The zero-order chi connectivity index (χ0) is 20.0. The van der Waals surface area contributed by atoms with E-state index in [4.69, 9.17) is 18.9 Å². The fourth-order valence-corrected chi connectivity index (χ4v) is 4.61. The molecule has 29 heavy (non-hydrogen) atoms. The van der Waals surface area contributed by atoms with Gasteiger partial charge in [0.25, 0.3) is 5.79 Å². The Morgan fingerprint density at radius 2 is 1.90 bits per heavy atom. The molecule has 2 atom stereocenters. The Morgan fingerprint density at radius 3 is 2.72 bits per heavy atom. The van der Waals surface area contributed by atoms with Gasteiger partial charge >= 0.3 is 5.97 Å². The van der Waals surface area contributed by atoms with E-state index in [-0.39, 0.29) is 35.7 Å². The van der Waals surface area contributed by atoms with Gasteiger partial charge in [-0.1, -0.05) is 12.1 Å². The third-order valence-corrected chi connectivity index (χ3v) is 5.67. The average Bonchev–Trinajstić information content (AvgIpc) is 2.68. The average molecular weight is 390 g/mol. The number of carbonyl (C=O) groups is 3. The summed E-state index contributed by atoms with van der Waals surface area (Å²) in [6.45, 7) is 1.27. The molecular weight excluding hydrogens is 376 g/mol. The van der Waals surface area contributed by atoms with Crippen molar-refractivity contribution in [1.82, 2.24) is 0 Å². The van der Waals surface area contributed by atoms with Crippen LogP contribution in [0.4, 0.5) is 0 Å². The van der Waals surface area contributed by atoms with Gasteiger partial charge in [0, 0.05) is 25.3 Å². The van der Waals surface area contributed by atoms with Gasteiger partial charge in [-0.2, -0.15) is 0 Å². The molecule has 2 aliphatic carbocycles. The zero-order valence-corrected chi connectivity index (χ0v) is 15.3. The number of rotatable bonds is 1. The molecule has 2 spiro atoms. The van der Waals surface area contributed by atoms with Crippen molar-refractivity contribution in [2.45, 2.75) is 31.3 Å². The number of ketones is 2. The molecule has 2 bridgehead atoms. The lowest BCUT2D eigenvalue weighted by atomic mass is 9.80. The summed E-state index contributed by atoms with van der Waals surface area (Å²) in [5.41, 5.74) is 1.62. The molecule has 2 heterocycles. The van der Waals surface area contributed by atoms with Crippen molar-refractivity contribution < 1.29 is 33.3 Å². The van der Waals surface area contributed by atoms with E-state index < -0.39 is 17.5 Å². The monoisotopic (exact) mass is 390 g/mol. The Hall–Kier alpha value is -3.45. The molecule has 0 saturated heterocycles. The highest BCUT2D eigenvalue weighted by molar-refractivity contribution is 6.08. The van der Waals surface area contributed by atoms with Gasteiger partial charge in [-0.25, -0.2) is 0 Å². The van der Waals surface area contributed by atoms with Crippen molar-refractivity contribution in [2.24, 2.45) is 0 Å². The number of allylic oxidation sites excluding steroid dienone is 1. The molecule has 144 valence electrons. The fraction of sp³-hybridized carbons (Fsp3) is 0.227. The van der Waals surface area contributed by atoms with Crippen molar-refractivity contribution in [1.29, 1.82) is 0 Å². The summed E-state index contributed by atoms with van der Waals surface area (Å²) in [5, 5.41) is 0. The molecule has 0 N–H and O–H groups in total. The van der Waals surface area contributed by atoms with Gasteiger partial charge in [-0.15, -0.1) is 0 Å². The Bertz CT molecular complexity index is 1190. The van der Waals surface area contributed by atoms with Crippen molar-refractivity contribution in [3.8, 4) is 17.2 Å². The summed E-state index contributed by atoms with van der Waals surface area (Å²) in [7, 11) is 0. The second-order valence-corrected chi connectivity index (χ2v) is 7.43. The van der Waals surface area contributed by atoms with E-state index in [0.29, 0.717) is 28.2 Å². The standard InChI is InChI=1S/C22H14O7/c1-11(23)26-15-5-6-17-20-18(15)14(25)8-10-22(20)27-16-4-2-3-12-13(24)7-9-21(28-17,29-22)19(12)16/h2-7,9H,8,10H2,1H3/t21-,22-/m1/s1. The van der Waals surface area contributed by atoms with Crippen LogP contribution in [-0.2, 0) is 21.1 Å². The summed E-state index contributed by atoms with van der Waals surface area (Å²) in [4.78, 5) is 36.7. The lowest BCUT2D eigenvalue weighted by Gasteiger charge is -2.53. The Balaban J connectivity index is 1.65. The molecule has 0 saturated carbocycles. The first-order valence-electron chi connectivity index (χ1n) is 9.27. The van der Waals surface area contributed by atoms with Gasteiger partial charge in [0.15, 0.2) is 11.6 Å². The highest BCUT2D eigenvalue weighted by atomic mass is 16.8. The second kappa shape index (κ2) is 5.12. The van der Waals surface area contributed by atoms with E-state index in [1.807, 2.05) is 0 Å². The van der Waals surface area contributed by atoms with Crippen LogP contribution in [0.5, 0.6) is 17.2 Å². The third-order valence-electron chi connectivity index (χ3n) is 5.67. The maximum Gasteiger partial charge on any atom is 0.308 e. The molecule has 0 aromatic heterocycles. The van der Waals surface area contributed by atoms with E-state index in [0.717, 1.165) is 0 Å². The Morgan fingerprint density at radius 1 is 1.07 bits per heavy atom. The molecule has 7 nitrogen and oxygen atoms in total. The first-order chi connectivity index (χ1) is 13.9. The number of esters is 1. The van der Waals surface area contributed by atoms with Crippen molar-refractivity contribution in [2.75, 3.05) is 0 Å². The quantitative estimate of drug-likeness (QED) is 0.546. The minimum atomic E-state index is -1.33. The van der Waals surface area contributed by atoms with E-state index in [1.54, 1.807) is 30.3 Å². The van der Waals surface area contributed by atoms with Crippen LogP contribution < -0.4 is 14.2 Å². The minimum absolute atomic E-state index is 0.151. The highest BCUT2D eigenvalue weighted by Gasteiger charge is 2.61. The van der Waals surface area contributed by atoms with Gasteiger partial charge in [0.1, 0.15) is 17.2 Å². The van der Waals surface area contributed by atoms with Crippen molar-refractivity contribution in [3.63, 3.8) is 0 Å². The van der Waals surface area contributed by atoms with E-state index in [2.05, 4.69) is 0 Å². The molecule has 2 aromatic rings. The fourth-order valence-electron chi connectivity index (χ4n) is 4.61. The lowest BCUT2D eigenvalue weighted by molar-refractivity contribution is -0.341. The summed E-state index contributed by atoms with van der Waals surface area (Å²) >= 11 is 0. The van der Waals surface area contributed by atoms with E-state index in [1.165, 1.54) is 19.1 Å². The van der Waals surface area contributed by atoms with Crippen molar-refractivity contribution >= 4 is 17.5 Å². The van der Waals surface area contributed by atoms with Crippen LogP contribution in [0.3, 0.4) is 0 Å². The summed E-state index contributed by atoms with van der Waals surface area (Å²) in [6.07, 6.45) is 3.44. The van der Waals surface area contributed by atoms with Crippen LogP contribution >= 0.6 is 0 Å². The van der Waals surface area contributed by atoms with Crippen LogP contribution in [0.1, 0.15) is 51.6 Å². The smallest absolute Gasteiger partial charge is 0.308 e. The number of carbonyl (C=O) groups excluding carboxylic acids is 3. The molecule has 6 rings (SSSR count). The van der Waals surface area contributed by atoms with Crippen LogP contribution in [-0.4, -0.2) is 17.5 Å². The number of ether oxygens (including phenoxy) is 4. The predicted molar refractivity (Wildman–Crippen MR) is 96.9 cm³/mol. The first kappa shape index (κ1) is 16.5. The van der Waals surface area contributed by atoms with Crippen LogP contribution in [0.2, 0.25) is 0 Å². The first-order valence-corrected chi connectivity index (χ1v) is 9.27. The molecule has 2 aromatic carbocycles. The summed E-state index contributed by atoms with van der Waals surface area (Å²) < 4.78 is 24.2. The molecule has 0 unspecified atom stereocenters. The van der Waals surface area contributed by atoms with Crippen LogP contribution in [0, 0.1) is 0 Å². The predicted octanol–water partition coefficient (Wildman–Crippen LogP) is 3.15. The van der Waals surface area contributed by atoms with E-state index >= 15 is 0 Å². The van der Waals surface area contributed by atoms with Crippen LogP contribution in [0.15, 0.2) is 42.5 Å². The summed E-state index contributed by atoms with van der Waals surface area (Å²) in [6, 6.07) is 8.37.